The number of nitrogens with zero attached hydrogens (tertiary/aromatic N) is 4. The predicted octanol–water partition coefficient (Wildman–Crippen LogP) is 23.6. The molecule has 0 atom stereocenters. The van der Waals surface area contributed by atoms with Crippen molar-refractivity contribution in [1.29, 1.82) is 0 Å². The van der Waals surface area contributed by atoms with Crippen molar-refractivity contribution in [3.05, 3.63) is 257 Å². The molecule has 0 spiro atoms. The summed E-state index contributed by atoms with van der Waals surface area (Å²) in [5.74, 6) is -1.47. The minimum absolute atomic E-state index is 0.0753. The van der Waals surface area contributed by atoms with Gasteiger partial charge in [-0.2, -0.15) is 0 Å². The van der Waals surface area contributed by atoms with Crippen molar-refractivity contribution in [2.45, 2.75) is 158 Å². The molecule has 20 rings (SSSR count). The molecule has 0 amide bonds. The van der Waals surface area contributed by atoms with Crippen LogP contribution in [0.2, 0.25) is 20.1 Å². The van der Waals surface area contributed by atoms with Gasteiger partial charge in [0.05, 0.1) is 55.1 Å². The predicted molar refractivity (Wildman–Crippen MR) is 470 cm³/mol. The van der Waals surface area contributed by atoms with Crippen LogP contribution < -0.4 is 44.5 Å². The van der Waals surface area contributed by atoms with E-state index in [1.165, 1.54) is 18.3 Å². The largest absolute Gasteiger partial charge is 0.268 e. The highest BCUT2D eigenvalue weighted by Gasteiger charge is 2.40. The second-order valence-electron chi connectivity index (χ2n) is 34.0. The fourth-order valence-corrected chi connectivity index (χ4v) is 21.7. The third-order valence-corrected chi connectivity index (χ3v) is 26.5. The van der Waals surface area contributed by atoms with Crippen LogP contribution in [0.15, 0.2) is 148 Å². The Kier molecular flexibility index (Phi) is 14.8. The minimum Gasteiger partial charge on any atom is -0.268 e. The average molecular weight is 1550 g/mol. The molecule has 112 heavy (non-hydrogen) atoms. The summed E-state index contributed by atoms with van der Waals surface area (Å²) in [5.41, 5.74) is 2.60. The van der Waals surface area contributed by atoms with Gasteiger partial charge in [0.2, 0.25) is 0 Å². The molecular weight excluding hydrogens is 1480 g/mol. The molecule has 0 saturated heterocycles. The maximum absolute atomic E-state index is 17.6. The van der Waals surface area contributed by atoms with Crippen LogP contribution in [0.25, 0.3) is 184 Å². The Balaban J connectivity index is 1.18. The fraction of sp³-hybridized carbons (Fsp3) is 0.250. The highest BCUT2D eigenvalue weighted by Crippen LogP contribution is 2.63. The number of benzene rings is 14. The van der Waals surface area contributed by atoms with Gasteiger partial charge in [-0.25, -0.2) is 18.3 Å². The van der Waals surface area contributed by atoms with E-state index in [0.29, 0.717) is 120 Å². The molecule has 0 aliphatic rings. The highest BCUT2D eigenvalue weighted by atomic mass is 35.5. The van der Waals surface area contributed by atoms with Gasteiger partial charge < -0.3 is 0 Å². The third-order valence-electron chi connectivity index (χ3n) is 25.3. The summed E-state index contributed by atoms with van der Waals surface area (Å²) in [6, 6.07) is 33.3. The molecule has 554 valence electrons. The van der Waals surface area contributed by atoms with Gasteiger partial charge in [0, 0.05) is 128 Å². The molecule has 0 N–H and O–H groups in total. The second-order valence-corrected chi connectivity index (χ2v) is 35.6. The summed E-state index contributed by atoms with van der Waals surface area (Å²) in [5, 5.41) is 9.01. The van der Waals surface area contributed by atoms with Crippen molar-refractivity contribution in [1.82, 2.24) is 18.3 Å². The van der Waals surface area contributed by atoms with Crippen LogP contribution in [-0.4, -0.2) is 18.3 Å². The van der Waals surface area contributed by atoms with Crippen molar-refractivity contribution in [2.75, 3.05) is 0 Å². The number of hydrogen-bond donors (Lipinski definition) is 0. The van der Waals surface area contributed by atoms with Crippen molar-refractivity contribution in [2.24, 2.45) is 0 Å². The molecule has 0 bridgehead atoms. The SMILES string of the molecule is CC(C)c1cccc(C(C)C)c1-n1c(=O)c2cc(Cl)c3c4c(Cl)cc5c(=O)n(-c6c(C(C)C)cccc6C(C)C)c(=O)c6c5c4c4c5c(cc(c1=O)c2c35)c1cc2c(=O)n(-c3c(C(C)C)cccc3C(C)C)c(=O)c3cc(Cl)c5c7c(Cl)cc8c(=O)n(-c9c(C(C)C)cccc9C(C)C)c(=O)c9c8c7c(c1c5c32)c1c9c6c41. The lowest BCUT2D eigenvalue weighted by Crippen LogP contribution is -2.35. The van der Waals surface area contributed by atoms with Gasteiger partial charge in [-0.3, -0.25) is 38.4 Å². The first kappa shape index (κ1) is 70.5. The Morgan fingerprint density at radius 1 is 0.188 bits per heavy atom. The summed E-state index contributed by atoms with van der Waals surface area (Å²) in [7, 11) is 0. The van der Waals surface area contributed by atoms with E-state index in [0.717, 1.165) is 44.5 Å². The first-order chi connectivity index (χ1) is 53.3. The number of aromatic nitrogens is 4. The van der Waals surface area contributed by atoms with E-state index in [2.05, 4.69) is 0 Å². The second kappa shape index (κ2) is 23.5. The molecule has 12 nitrogen and oxygen atoms in total. The van der Waals surface area contributed by atoms with E-state index >= 15 is 38.4 Å². The molecule has 0 radical (unpaired) electrons. The fourth-order valence-electron chi connectivity index (χ4n) is 20.5. The van der Waals surface area contributed by atoms with Gasteiger partial charge in [0.1, 0.15) is 0 Å². The van der Waals surface area contributed by atoms with Crippen LogP contribution in [0, 0.1) is 0 Å². The van der Waals surface area contributed by atoms with E-state index in [1.807, 2.05) is 196 Å². The molecule has 20 aromatic rings. The summed E-state index contributed by atoms with van der Waals surface area (Å²) < 4.78 is 5.17. The topological polar surface area (TPSA) is 156 Å². The smallest absolute Gasteiger partial charge is 0.266 e. The van der Waals surface area contributed by atoms with Crippen LogP contribution in [-0.2, 0) is 0 Å². The number of rotatable bonds is 12. The molecule has 4 aromatic heterocycles. The average Bonchev–Trinajstić information content (AvgIpc) is 0.631. The van der Waals surface area contributed by atoms with Gasteiger partial charge in [-0.05, 0) is 150 Å². The molecule has 0 fully saturated rings. The number of hydrogen-bond acceptors (Lipinski definition) is 8. The molecular formula is C96H74Cl4N4O8. The molecule has 0 unspecified atom stereocenters. The normalized spacial score (nSPS) is 13.2. The Labute approximate surface area is 659 Å². The van der Waals surface area contributed by atoms with Crippen LogP contribution in [0.3, 0.4) is 0 Å². The molecule has 0 saturated carbocycles. The van der Waals surface area contributed by atoms with E-state index in [-0.39, 0.29) is 132 Å². The Morgan fingerprint density at radius 2 is 0.348 bits per heavy atom. The Morgan fingerprint density at radius 3 is 0.571 bits per heavy atom. The number of fused-ring (bicyclic) bond motifs is 6. The maximum Gasteiger partial charge on any atom is 0.266 e. The summed E-state index contributed by atoms with van der Waals surface area (Å²) in [4.78, 5) is 136. The summed E-state index contributed by atoms with van der Waals surface area (Å²) in [6.45, 7) is 32.3. The first-order valence-corrected chi connectivity index (χ1v) is 40.3. The van der Waals surface area contributed by atoms with E-state index in [9.17, 15) is 0 Å². The van der Waals surface area contributed by atoms with Crippen molar-refractivity contribution in [3.8, 4) is 22.7 Å². The summed E-state index contributed by atoms with van der Waals surface area (Å²) in [6.07, 6.45) is 0. The Hall–Kier alpha value is -10.6. The van der Waals surface area contributed by atoms with Crippen molar-refractivity contribution in [3.63, 3.8) is 0 Å². The van der Waals surface area contributed by atoms with Gasteiger partial charge in [0.15, 0.2) is 0 Å². The monoisotopic (exact) mass is 1550 g/mol. The molecule has 16 heteroatoms. The quantitative estimate of drug-likeness (QED) is 0.0864. The van der Waals surface area contributed by atoms with E-state index in [1.54, 1.807) is 24.3 Å². The molecule has 0 aliphatic heterocycles. The lowest BCUT2D eigenvalue weighted by Gasteiger charge is -2.30. The molecule has 4 heterocycles. The van der Waals surface area contributed by atoms with Gasteiger partial charge in [0.25, 0.3) is 44.5 Å². The van der Waals surface area contributed by atoms with Gasteiger partial charge in [-0.1, -0.05) is 230 Å². The number of halogens is 4. The van der Waals surface area contributed by atoms with E-state index in [4.69, 9.17) is 46.4 Å². The molecule has 16 aromatic carbocycles. The first-order valence-electron chi connectivity index (χ1n) is 38.8. The zero-order valence-electron chi connectivity index (χ0n) is 64.6. The lowest BCUT2D eigenvalue weighted by atomic mass is 9.73. The zero-order valence-corrected chi connectivity index (χ0v) is 67.6. The highest BCUT2D eigenvalue weighted by molar-refractivity contribution is 6.65. The van der Waals surface area contributed by atoms with Crippen molar-refractivity contribution >= 4 is 208 Å². The van der Waals surface area contributed by atoms with Crippen LogP contribution in [0.1, 0.15) is 203 Å². The molecule has 0 aliphatic carbocycles. The van der Waals surface area contributed by atoms with Gasteiger partial charge >= 0.3 is 0 Å². The van der Waals surface area contributed by atoms with Gasteiger partial charge in [-0.15, -0.1) is 0 Å². The van der Waals surface area contributed by atoms with Crippen LogP contribution in [0.4, 0.5) is 0 Å². The van der Waals surface area contributed by atoms with E-state index < -0.39 is 44.5 Å². The number of para-hydroxylation sites is 4. The maximum atomic E-state index is 17.6. The zero-order chi connectivity index (χ0) is 78.8. The third kappa shape index (κ3) is 8.45. The van der Waals surface area contributed by atoms with Crippen LogP contribution in [0.5, 0.6) is 0 Å². The van der Waals surface area contributed by atoms with Crippen molar-refractivity contribution < 1.29 is 0 Å². The minimum atomic E-state index is -0.675. The standard InChI is InChI=1S/C96H74Cl4N4O8/c1-35(2)43-21-17-22-44(36(3)4)85(43)101-89(105)53-29-51-52-30-54-64-56(92(108)102(90(54)106)86-45(37(5)6)23-18-24-46(86)38(7)8)32-60(98)70-72-62(100)34-58-68-76(72)78(66(52)74(64)70)80-79-77-65(51)73-63(53)55(91(101)107)31-59(97)69(73)71-61(99)33-57-67(75(71)77)83(95(111)103(93(57)109)87-47(39(9)10)25-19-26-48(87)40(11)12)81(79)82(80)84(68)96(112)104(94(58)110)88-49(41(13)14)27-20-28-50(88)42(15)16/h17-42H,1-16H3. The Bertz CT molecular complexity index is 7540. The lowest BCUT2D eigenvalue weighted by molar-refractivity contribution is 0.792. The summed E-state index contributed by atoms with van der Waals surface area (Å²) >= 11 is 32.5. The van der Waals surface area contributed by atoms with Crippen LogP contribution >= 0.6 is 46.4 Å². The number of pyridine rings is 4.